The highest BCUT2D eigenvalue weighted by atomic mass is 14.9. The van der Waals surface area contributed by atoms with Gasteiger partial charge in [0.25, 0.3) is 0 Å². The summed E-state index contributed by atoms with van der Waals surface area (Å²) in [4.78, 5) is 0. The molecule has 0 amide bonds. The van der Waals surface area contributed by atoms with Crippen LogP contribution in [0.3, 0.4) is 0 Å². The molecular weight excluding hydrogens is 194 g/mol. The van der Waals surface area contributed by atoms with Crippen LogP contribution in [0.1, 0.15) is 61.3 Å². The molecule has 2 unspecified atom stereocenters. The topological polar surface area (TPSA) is 12.0 Å². The molecule has 0 spiro atoms. The fourth-order valence-electron chi connectivity index (χ4n) is 3.20. The van der Waals surface area contributed by atoms with E-state index in [0.717, 1.165) is 5.92 Å². The third kappa shape index (κ3) is 1.78. The molecule has 0 aromatic heterocycles. The number of hydrogen-bond donors (Lipinski definition) is 1. The van der Waals surface area contributed by atoms with E-state index in [-0.39, 0.29) is 0 Å². The van der Waals surface area contributed by atoms with E-state index in [1.807, 2.05) is 0 Å². The third-order valence-corrected chi connectivity index (χ3v) is 4.26. The van der Waals surface area contributed by atoms with Crippen molar-refractivity contribution in [2.24, 2.45) is 0 Å². The number of rotatable bonds is 1. The summed E-state index contributed by atoms with van der Waals surface area (Å²) in [5.41, 5.74) is 4.73. The maximum absolute atomic E-state index is 3.64. The van der Waals surface area contributed by atoms with Gasteiger partial charge in [-0.15, -0.1) is 0 Å². The zero-order valence-electron chi connectivity index (χ0n) is 10.1. The molecule has 1 fully saturated rings. The van der Waals surface area contributed by atoms with E-state index >= 15 is 0 Å². The fraction of sp³-hybridized carbons (Fsp3) is 0.600. The van der Waals surface area contributed by atoms with Crippen molar-refractivity contribution >= 4 is 0 Å². The first kappa shape index (κ1) is 10.3. The number of aryl methyl sites for hydroxylation is 1. The summed E-state index contributed by atoms with van der Waals surface area (Å²) in [6.07, 6.45) is 6.67. The first-order chi connectivity index (χ1) is 7.84. The molecular formula is C15H21N. The Kier molecular flexibility index (Phi) is 2.72. The van der Waals surface area contributed by atoms with Crippen molar-refractivity contribution in [2.45, 2.75) is 51.0 Å². The Morgan fingerprint density at radius 2 is 2.12 bits per heavy atom. The molecule has 1 heteroatoms. The van der Waals surface area contributed by atoms with Crippen molar-refractivity contribution in [1.82, 2.24) is 5.32 Å². The normalized spacial score (nSPS) is 29.1. The van der Waals surface area contributed by atoms with Crippen LogP contribution in [0.15, 0.2) is 18.2 Å². The Balaban J connectivity index is 1.86. The molecule has 86 valence electrons. The van der Waals surface area contributed by atoms with Gasteiger partial charge in [0.1, 0.15) is 0 Å². The molecule has 1 aromatic carbocycles. The predicted octanol–water partition coefficient (Wildman–Crippen LogP) is 3.55. The zero-order valence-corrected chi connectivity index (χ0v) is 10.1. The highest BCUT2D eigenvalue weighted by Crippen LogP contribution is 2.35. The Hall–Kier alpha value is -0.820. The van der Waals surface area contributed by atoms with Gasteiger partial charge in [0, 0.05) is 6.04 Å². The SMILES string of the molecule is CC1CCc2cc(C3CCCCN3)ccc21. The van der Waals surface area contributed by atoms with Crippen molar-refractivity contribution in [3.8, 4) is 0 Å². The van der Waals surface area contributed by atoms with E-state index in [1.54, 1.807) is 11.1 Å². The van der Waals surface area contributed by atoms with Crippen molar-refractivity contribution in [3.63, 3.8) is 0 Å². The summed E-state index contributed by atoms with van der Waals surface area (Å²) < 4.78 is 0. The average molecular weight is 215 g/mol. The Morgan fingerprint density at radius 1 is 1.19 bits per heavy atom. The Morgan fingerprint density at radius 3 is 2.94 bits per heavy atom. The quantitative estimate of drug-likeness (QED) is 0.755. The molecule has 1 aromatic rings. The molecule has 16 heavy (non-hydrogen) atoms. The van der Waals surface area contributed by atoms with Crippen LogP contribution < -0.4 is 5.32 Å². The third-order valence-electron chi connectivity index (χ3n) is 4.26. The lowest BCUT2D eigenvalue weighted by molar-refractivity contribution is 0.412. The second-order valence-electron chi connectivity index (χ2n) is 5.40. The zero-order chi connectivity index (χ0) is 11.0. The van der Waals surface area contributed by atoms with E-state index in [2.05, 4.69) is 30.4 Å². The number of hydrogen-bond acceptors (Lipinski definition) is 1. The van der Waals surface area contributed by atoms with E-state index in [4.69, 9.17) is 0 Å². The summed E-state index contributed by atoms with van der Waals surface area (Å²) in [7, 11) is 0. The van der Waals surface area contributed by atoms with Gasteiger partial charge in [-0.1, -0.05) is 31.5 Å². The summed E-state index contributed by atoms with van der Waals surface area (Å²) in [6, 6.07) is 7.80. The van der Waals surface area contributed by atoms with Crippen molar-refractivity contribution in [2.75, 3.05) is 6.54 Å². The number of nitrogens with one attached hydrogen (secondary N) is 1. The van der Waals surface area contributed by atoms with E-state index in [1.165, 1.54) is 44.2 Å². The van der Waals surface area contributed by atoms with Crippen LogP contribution in [-0.2, 0) is 6.42 Å². The van der Waals surface area contributed by atoms with Gasteiger partial charge in [-0.05, 0) is 54.8 Å². The summed E-state index contributed by atoms with van der Waals surface area (Å²) in [5.74, 6) is 0.781. The second-order valence-corrected chi connectivity index (χ2v) is 5.40. The standard InChI is InChI=1S/C15H21N/c1-11-5-6-12-10-13(7-8-14(11)12)15-4-2-3-9-16-15/h7-8,10-11,15-16H,2-6,9H2,1H3. The van der Waals surface area contributed by atoms with E-state index in [9.17, 15) is 0 Å². The number of piperidine rings is 1. The smallest absolute Gasteiger partial charge is 0.0320 e. The van der Waals surface area contributed by atoms with Gasteiger partial charge < -0.3 is 5.32 Å². The number of fused-ring (bicyclic) bond motifs is 1. The molecule has 1 aliphatic carbocycles. The molecule has 3 rings (SSSR count). The van der Waals surface area contributed by atoms with Gasteiger partial charge >= 0.3 is 0 Å². The Bertz CT molecular complexity index is 377. The lowest BCUT2D eigenvalue weighted by Crippen LogP contribution is -2.26. The fourth-order valence-corrected chi connectivity index (χ4v) is 3.20. The maximum atomic E-state index is 3.64. The van der Waals surface area contributed by atoms with E-state index < -0.39 is 0 Å². The van der Waals surface area contributed by atoms with Crippen LogP contribution in [-0.4, -0.2) is 6.54 Å². The van der Waals surface area contributed by atoms with E-state index in [0.29, 0.717) is 6.04 Å². The first-order valence-corrected chi connectivity index (χ1v) is 6.71. The second kappa shape index (κ2) is 4.21. The molecule has 0 bridgehead atoms. The summed E-state index contributed by atoms with van der Waals surface area (Å²) >= 11 is 0. The van der Waals surface area contributed by atoms with Crippen LogP contribution in [0.5, 0.6) is 0 Å². The number of benzene rings is 1. The van der Waals surface area contributed by atoms with Gasteiger partial charge in [0.05, 0.1) is 0 Å². The van der Waals surface area contributed by atoms with Gasteiger partial charge in [-0.25, -0.2) is 0 Å². The molecule has 1 N–H and O–H groups in total. The summed E-state index contributed by atoms with van der Waals surface area (Å²) in [6.45, 7) is 3.54. The van der Waals surface area contributed by atoms with Crippen LogP contribution >= 0.6 is 0 Å². The predicted molar refractivity (Wildman–Crippen MR) is 67.8 cm³/mol. The minimum Gasteiger partial charge on any atom is -0.310 e. The molecule has 0 radical (unpaired) electrons. The molecule has 2 atom stereocenters. The lowest BCUT2D eigenvalue weighted by atomic mass is 9.94. The largest absolute Gasteiger partial charge is 0.310 e. The first-order valence-electron chi connectivity index (χ1n) is 6.71. The van der Waals surface area contributed by atoms with Gasteiger partial charge in [-0.3, -0.25) is 0 Å². The molecule has 1 aliphatic heterocycles. The lowest BCUT2D eigenvalue weighted by Gasteiger charge is -2.24. The van der Waals surface area contributed by atoms with Gasteiger partial charge in [0.2, 0.25) is 0 Å². The van der Waals surface area contributed by atoms with Crippen LogP contribution in [0, 0.1) is 0 Å². The van der Waals surface area contributed by atoms with Crippen molar-refractivity contribution in [1.29, 1.82) is 0 Å². The highest BCUT2D eigenvalue weighted by molar-refractivity contribution is 5.39. The molecule has 1 heterocycles. The van der Waals surface area contributed by atoms with Gasteiger partial charge in [0.15, 0.2) is 0 Å². The summed E-state index contributed by atoms with van der Waals surface area (Å²) in [5, 5.41) is 3.64. The molecule has 1 nitrogen and oxygen atoms in total. The molecule has 0 saturated carbocycles. The van der Waals surface area contributed by atoms with Crippen molar-refractivity contribution in [3.05, 3.63) is 34.9 Å². The molecule has 1 saturated heterocycles. The van der Waals surface area contributed by atoms with Crippen LogP contribution in [0.2, 0.25) is 0 Å². The van der Waals surface area contributed by atoms with Crippen molar-refractivity contribution < 1.29 is 0 Å². The monoisotopic (exact) mass is 215 g/mol. The minimum atomic E-state index is 0.620. The van der Waals surface area contributed by atoms with Gasteiger partial charge in [-0.2, -0.15) is 0 Å². The minimum absolute atomic E-state index is 0.620. The maximum Gasteiger partial charge on any atom is 0.0320 e. The van der Waals surface area contributed by atoms with Crippen LogP contribution in [0.4, 0.5) is 0 Å². The highest BCUT2D eigenvalue weighted by Gasteiger charge is 2.21. The Labute approximate surface area is 98.3 Å². The molecule has 2 aliphatic rings. The average Bonchev–Trinajstić information content (AvgIpc) is 2.72. The van der Waals surface area contributed by atoms with Crippen LogP contribution in [0.25, 0.3) is 0 Å².